The van der Waals surface area contributed by atoms with Crippen molar-refractivity contribution >= 4 is 18.0 Å². The molecule has 0 radical (unpaired) electrons. The van der Waals surface area contributed by atoms with Crippen molar-refractivity contribution in [1.82, 2.24) is 10.2 Å². The molecule has 178 valence electrons. The molecule has 8 heteroatoms. The molecule has 0 aliphatic rings. The van der Waals surface area contributed by atoms with E-state index in [1.807, 2.05) is 36.4 Å². The van der Waals surface area contributed by atoms with E-state index in [4.69, 9.17) is 14.2 Å². The first kappa shape index (κ1) is 25.7. The largest absolute Gasteiger partial charge is 0.497 e. The summed E-state index contributed by atoms with van der Waals surface area (Å²) in [4.78, 5) is 39.3. The Morgan fingerprint density at radius 3 is 2.24 bits per heavy atom. The predicted molar refractivity (Wildman–Crippen MR) is 124 cm³/mol. The highest BCUT2D eigenvalue weighted by atomic mass is 16.6. The molecule has 8 nitrogen and oxygen atoms in total. The van der Waals surface area contributed by atoms with Crippen LogP contribution in [0.4, 0.5) is 4.79 Å². The van der Waals surface area contributed by atoms with E-state index in [1.165, 1.54) is 12.0 Å². The topological polar surface area (TPSA) is 94.2 Å². The number of benzene rings is 2. The fraction of sp³-hybridized carbons (Fsp3) is 0.400. The summed E-state index contributed by atoms with van der Waals surface area (Å²) in [6.07, 6.45) is -0.412. The molecule has 0 spiro atoms. The van der Waals surface area contributed by atoms with E-state index in [9.17, 15) is 14.4 Å². The number of amides is 2. The van der Waals surface area contributed by atoms with Gasteiger partial charge in [0.1, 0.15) is 23.9 Å². The molecule has 0 saturated carbocycles. The van der Waals surface area contributed by atoms with Crippen molar-refractivity contribution < 1.29 is 28.6 Å². The number of ether oxygens (including phenoxy) is 3. The molecular formula is C25H32N2O6. The second-order valence-corrected chi connectivity index (χ2v) is 8.52. The van der Waals surface area contributed by atoms with Gasteiger partial charge in [-0.05, 0) is 44.0 Å². The highest BCUT2D eigenvalue weighted by Gasteiger charge is 2.27. The molecule has 2 aromatic rings. The highest BCUT2D eigenvalue weighted by molar-refractivity contribution is 5.87. The van der Waals surface area contributed by atoms with Gasteiger partial charge in [-0.3, -0.25) is 9.69 Å². The molecule has 0 heterocycles. The maximum Gasteiger partial charge on any atom is 0.411 e. The van der Waals surface area contributed by atoms with Gasteiger partial charge in [0, 0.05) is 13.0 Å². The third-order valence-corrected chi connectivity index (χ3v) is 4.60. The molecule has 1 unspecified atom stereocenters. The first-order chi connectivity index (χ1) is 15.6. The van der Waals surface area contributed by atoms with Gasteiger partial charge in [0.15, 0.2) is 0 Å². The SMILES string of the molecule is COC(=O)C(Cc1cccc(OC)c1)NC(=O)CN(Cc1ccccc1)C(=O)OC(C)(C)C. The minimum absolute atomic E-state index is 0.182. The number of carbonyl (C=O) groups excluding carboxylic acids is 3. The van der Waals surface area contributed by atoms with Gasteiger partial charge < -0.3 is 19.5 Å². The standard InChI is InChI=1S/C25H32N2O6/c1-25(2,3)33-24(30)27(16-18-10-7-6-8-11-18)17-22(28)26-21(23(29)32-5)15-19-12-9-13-20(14-19)31-4/h6-14,21H,15-17H2,1-5H3,(H,26,28). The molecule has 2 aromatic carbocycles. The summed E-state index contributed by atoms with van der Waals surface area (Å²) < 4.78 is 15.6. The first-order valence-electron chi connectivity index (χ1n) is 10.6. The van der Waals surface area contributed by atoms with Gasteiger partial charge in [-0.15, -0.1) is 0 Å². The van der Waals surface area contributed by atoms with E-state index in [2.05, 4.69) is 5.32 Å². The fourth-order valence-electron chi connectivity index (χ4n) is 3.10. The van der Waals surface area contributed by atoms with Crippen LogP contribution < -0.4 is 10.1 Å². The molecule has 0 aliphatic heterocycles. The molecule has 2 amide bonds. The van der Waals surface area contributed by atoms with Gasteiger partial charge in [0.05, 0.1) is 14.2 Å². The Hall–Kier alpha value is -3.55. The molecule has 1 atom stereocenters. The van der Waals surface area contributed by atoms with Crippen LogP contribution in [0.25, 0.3) is 0 Å². The van der Waals surface area contributed by atoms with Crippen LogP contribution in [-0.2, 0) is 32.0 Å². The van der Waals surface area contributed by atoms with Gasteiger partial charge in [-0.25, -0.2) is 9.59 Å². The Kier molecular flexibility index (Phi) is 9.27. The molecule has 1 N–H and O–H groups in total. The van der Waals surface area contributed by atoms with Gasteiger partial charge in [-0.2, -0.15) is 0 Å². The Balaban J connectivity index is 2.14. The third kappa shape index (κ3) is 8.84. The Morgan fingerprint density at radius 2 is 1.64 bits per heavy atom. The van der Waals surface area contributed by atoms with Crippen LogP contribution in [0.1, 0.15) is 31.9 Å². The maximum atomic E-state index is 12.9. The molecule has 0 fully saturated rings. The molecule has 0 bridgehead atoms. The van der Waals surface area contributed by atoms with E-state index in [0.717, 1.165) is 11.1 Å². The lowest BCUT2D eigenvalue weighted by atomic mass is 10.1. The highest BCUT2D eigenvalue weighted by Crippen LogP contribution is 2.15. The third-order valence-electron chi connectivity index (χ3n) is 4.60. The van der Waals surface area contributed by atoms with Gasteiger partial charge >= 0.3 is 12.1 Å². The van der Waals surface area contributed by atoms with Gasteiger partial charge in [-0.1, -0.05) is 42.5 Å². The van der Waals surface area contributed by atoms with Gasteiger partial charge in [0.25, 0.3) is 0 Å². The monoisotopic (exact) mass is 456 g/mol. The van der Waals surface area contributed by atoms with Crippen LogP contribution in [0.3, 0.4) is 0 Å². The van der Waals surface area contributed by atoms with E-state index < -0.39 is 29.6 Å². The fourth-order valence-corrected chi connectivity index (χ4v) is 3.10. The second kappa shape index (κ2) is 11.9. The van der Waals surface area contributed by atoms with E-state index in [0.29, 0.717) is 5.75 Å². The zero-order valence-electron chi connectivity index (χ0n) is 19.8. The summed E-state index contributed by atoms with van der Waals surface area (Å²) in [6.45, 7) is 5.17. The number of esters is 1. The normalized spacial score (nSPS) is 11.8. The average molecular weight is 457 g/mol. The van der Waals surface area contributed by atoms with Gasteiger partial charge in [0.2, 0.25) is 5.91 Å². The number of methoxy groups -OCH3 is 2. The van der Waals surface area contributed by atoms with Crippen molar-refractivity contribution in [2.75, 3.05) is 20.8 Å². The summed E-state index contributed by atoms with van der Waals surface area (Å²) in [5.41, 5.74) is 0.916. The molecule has 0 saturated heterocycles. The number of hydrogen-bond acceptors (Lipinski definition) is 6. The minimum Gasteiger partial charge on any atom is -0.497 e. The van der Waals surface area contributed by atoms with Crippen molar-refractivity contribution in [2.45, 2.75) is 45.4 Å². The average Bonchev–Trinajstić information content (AvgIpc) is 2.77. The lowest BCUT2D eigenvalue weighted by molar-refractivity contribution is -0.145. The smallest absolute Gasteiger partial charge is 0.411 e. The van der Waals surface area contributed by atoms with Crippen LogP contribution in [0.2, 0.25) is 0 Å². The van der Waals surface area contributed by atoms with E-state index in [-0.39, 0.29) is 19.5 Å². The van der Waals surface area contributed by atoms with Crippen LogP contribution in [0.5, 0.6) is 5.75 Å². The van der Waals surface area contributed by atoms with Crippen molar-refractivity contribution in [3.8, 4) is 5.75 Å². The number of hydrogen-bond donors (Lipinski definition) is 1. The number of rotatable bonds is 9. The van der Waals surface area contributed by atoms with Crippen LogP contribution in [-0.4, -0.2) is 55.3 Å². The van der Waals surface area contributed by atoms with Crippen molar-refractivity contribution in [1.29, 1.82) is 0 Å². The Bertz CT molecular complexity index is 939. The van der Waals surface area contributed by atoms with Crippen LogP contribution >= 0.6 is 0 Å². The Labute approximate surface area is 194 Å². The number of nitrogens with zero attached hydrogens (tertiary/aromatic N) is 1. The molecular weight excluding hydrogens is 424 g/mol. The molecule has 0 aromatic heterocycles. The number of nitrogens with one attached hydrogen (secondary N) is 1. The first-order valence-corrected chi connectivity index (χ1v) is 10.6. The quantitative estimate of drug-likeness (QED) is 0.582. The minimum atomic E-state index is -0.924. The number of carbonyl (C=O) groups is 3. The zero-order valence-corrected chi connectivity index (χ0v) is 19.8. The summed E-state index contributed by atoms with van der Waals surface area (Å²) in [5, 5.41) is 2.68. The van der Waals surface area contributed by atoms with Crippen LogP contribution in [0.15, 0.2) is 54.6 Å². The van der Waals surface area contributed by atoms with E-state index in [1.54, 1.807) is 46.1 Å². The predicted octanol–water partition coefficient (Wildman–Crippen LogP) is 3.33. The molecule has 33 heavy (non-hydrogen) atoms. The molecule has 2 rings (SSSR count). The summed E-state index contributed by atoms with van der Waals surface area (Å²) in [5.74, 6) is -0.450. The lowest BCUT2D eigenvalue weighted by Crippen LogP contribution is -2.48. The van der Waals surface area contributed by atoms with E-state index >= 15 is 0 Å². The zero-order chi connectivity index (χ0) is 24.4. The van der Waals surface area contributed by atoms with Crippen molar-refractivity contribution in [2.24, 2.45) is 0 Å². The summed E-state index contributed by atoms with van der Waals surface area (Å²) in [7, 11) is 2.81. The summed E-state index contributed by atoms with van der Waals surface area (Å²) in [6, 6.07) is 15.6. The van der Waals surface area contributed by atoms with Crippen molar-refractivity contribution in [3.63, 3.8) is 0 Å². The maximum absolute atomic E-state index is 12.9. The lowest BCUT2D eigenvalue weighted by Gasteiger charge is -2.27. The summed E-state index contributed by atoms with van der Waals surface area (Å²) >= 11 is 0. The van der Waals surface area contributed by atoms with Crippen molar-refractivity contribution in [3.05, 3.63) is 65.7 Å². The molecule has 0 aliphatic carbocycles. The Morgan fingerprint density at radius 1 is 0.970 bits per heavy atom. The van der Waals surface area contributed by atoms with Crippen LogP contribution in [0, 0.1) is 0 Å². The second-order valence-electron chi connectivity index (χ2n) is 8.52.